The predicted octanol–water partition coefficient (Wildman–Crippen LogP) is 2.43. The zero-order chi connectivity index (χ0) is 10.6. The van der Waals surface area contributed by atoms with Gasteiger partial charge in [-0.05, 0) is 26.0 Å². The van der Waals surface area contributed by atoms with Gasteiger partial charge < -0.3 is 5.32 Å². The Labute approximate surface area is 89.3 Å². The Morgan fingerprint density at radius 3 is 2.43 bits per heavy atom. The summed E-state index contributed by atoms with van der Waals surface area (Å²) < 4.78 is 0. The Morgan fingerprint density at radius 2 is 1.93 bits per heavy atom. The van der Waals surface area contributed by atoms with Gasteiger partial charge in [-0.25, -0.2) is 0 Å². The first-order valence-electron chi connectivity index (χ1n) is 4.49. The van der Waals surface area contributed by atoms with Gasteiger partial charge in [-0.15, -0.1) is 11.6 Å². The van der Waals surface area contributed by atoms with Gasteiger partial charge in [0.25, 0.3) is 5.91 Å². The molecule has 0 atom stereocenters. The molecule has 1 N–H and O–H groups in total. The Hall–Kier alpha value is -1.02. The molecule has 0 spiro atoms. The number of hydrogen-bond acceptors (Lipinski definition) is 1. The average Bonchev–Trinajstić information content (AvgIpc) is 2.19. The van der Waals surface area contributed by atoms with E-state index < -0.39 is 0 Å². The molecule has 0 saturated heterocycles. The highest BCUT2D eigenvalue weighted by Crippen LogP contribution is 2.07. The molecular weight excluding hydrogens is 200 g/mol. The summed E-state index contributed by atoms with van der Waals surface area (Å²) in [7, 11) is 0. The van der Waals surface area contributed by atoms with Crippen LogP contribution in [0.1, 0.15) is 24.2 Å². The lowest BCUT2D eigenvalue weighted by molar-refractivity contribution is 0.0920. The highest BCUT2D eigenvalue weighted by atomic mass is 35.5. The predicted molar refractivity (Wildman–Crippen MR) is 58.7 cm³/mol. The monoisotopic (exact) mass is 213 g/mol. The van der Waals surface area contributed by atoms with Crippen molar-refractivity contribution in [2.45, 2.75) is 19.4 Å². The van der Waals surface area contributed by atoms with Crippen LogP contribution in [0.5, 0.6) is 0 Å². The standard InChI is InChI=1S/C11H14ClNO/c1-11(2,8-12)13-10(14)9-6-4-3-5-7-9/h3-7H,8H2,1-2H3,(H,13,14)/i10+2. The SMILES string of the molecule is CC(C)(CCl)N[14C](=O)c1ccccc1. The molecule has 0 saturated carbocycles. The van der Waals surface area contributed by atoms with E-state index in [1.54, 1.807) is 12.1 Å². The fourth-order valence-corrected chi connectivity index (χ4v) is 1.07. The molecule has 0 fully saturated rings. The number of amides is 1. The average molecular weight is 214 g/mol. The van der Waals surface area contributed by atoms with E-state index in [2.05, 4.69) is 5.32 Å². The summed E-state index contributed by atoms with van der Waals surface area (Å²) in [5, 5.41) is 2.85. The molecule has 0 aliphatic carbocycles. The summed E-state index contributed by atoms with van der Waals surface area (Å²) in [4.78, 5) is 11.6. The van der Waals surface area contributed by atoms with Crippen molar-refractivity contribution in [2.75, 3.05) is 5.88 Å². The maximum absolute atomic E-state index is 11.6. The van der Waals surface area contributed by atoms with Crippen molar-refractivity contribution in [1.82, 2.24) is 5.32 Å². The Kier molecular flexibility index (Phi) is 3.53. The lowest BCUT2D eigenvalue weighted by Gasteiger charge is -2.23. The third-order valence-electron chi connectivity index (χ3n) is 1.82. The number of carbonyl (C=O) groups excluding carboxylic acids is 1. The molecule has 0 aromatic heterocycles. The van der Waals surface area contributed by atoms with Gasteiger partial charge in [-0.2, -0.15) is 0 Å². The number of nitrogens with one attached hydrogen (secondary N) is 1. The molecule has 1 aromatic carbocycles. The van der Waals surface area contributed by atoms with Crippen LogP contribution in [0.25, 0.3) is 0 Å². The van der Waals surface area contributed by atoms with E-state index in [1.807, 2.05) is 32.0 Å². The maximum atomic E-state index is 11.6. The zero-order valence-electron chi connectivity index (χ0n) is 8.38. The van der Waals surface area contributed by atoms with Crippen molar-refractivity contribution < 1.29 is 4.79 Å². The van der Waals surface area contributed by atoms with Crippen molar-refractivity contribution in [3.8, 4) is 0 Å². The van der Waals surface area contributed by atoms with E-state index >= 15 is 0 Å². The second-order valence-electron chi connectivity index (χ2n) is 3.84. The zero-order valence-corrected chi connectivity index (χ0v) is 9.14. The topological polar surface area (TPSA) is 29.1 Å². The van der Waals surface area contributed by atoms with Crippen LogP contribution in [0.3, 0.4) is 0 Å². The number of benzene rings is 1. The number of alkyl halides is 1. The van der Waals surface area contributed by atoms with Crippen molar-refractivity contribution in [3.63, 3.8) is 0 Å². The number of halogens is 1. The van der Waals surface area contributed by atoms with Gasteiger partial charge in [0.15, 0.2) is 0 Å². The maximum Gasteiger partial charge on any atom is 0.251 e. The normalized spacial score (nSPS) is 11.1. The fourth-order valence-electron chi connectivity index (χ4n) is 1.00. The molecule has 2 nitrogen and oxygen atoms in total. The smallest absolute Gasteiger partial charge is 0.251 e. The van der Waals surface area contributed by atoms with Crippen LogP contribution < -0.4 is 5.32 Å². The highest BCUT2D eigenvalue weighted by molar-refractivity contribution is 6.18. The quantitative estimate of drug-likeness (QED) is 0.768. The van der Waals surface area contributed by atoms with Gasteiger partial charge in [-0.1, -0.05) is 18.2 Å². The van der Waals surface area contributed by atoms with Gasteiger partial charge in [0.1, 0.15) is 0 Å². The summed E-state index contributed by atoms with van der Waals surface area (Å²) >= 11 is 5.71. The van der Waals surface area contributed by atoms with Crippen LogP contribution in [-0.2, 0) is 0 Å². The van der Waals surface area contributed by atoms with Gasteiger partial charge in [-0.3, -0.25) is 4.79 Å². The molecule has 0 bridgehead atoms. The molecule has 3 heteroatoms. The minimum Gasteiger partial charge on any atom is -0.346 e. The van der Waals surface area contributed by atoms with Crippen LogP contribution in [0, 0.1) is 0 Å². The Morgan fingerprint density at radius 1 is 1.36 bits per heavy atom. The van der Waals surface area contributed by atoms with E-state index in [1.165, 1.54) is 0 Å². The molecule has 0 heterocycles. The minimum atomic E-state index is -0.367. The summed E-state index contributed by atoms with van der Waals surface area (Å²) in [6.07, 6.45) is 0. The van der Waals surface area contributed by atoms with Crippen molar-refractivity contribution >= 4 is 17.5 Å². The van der Waals surface area contributed by atoms with Gasteiger partial charge in [0.2, 0.25) is 0 Å². The van der Waals surface area contributed by atoms with E-state index in [9.17, 15) is 4.79 Å². The highest BCUT2D eigenvalue weighted by Gasteiger charge is 2.19. The molecule has 76 valence electrons. The minimum absolute atomic E-state index is 0.0868. The first kappa shape index (κ1) is 11.1. The van der Waals surface area contributed by atoms with Crippen LogP contribution >= 0.6 is 11.6 Å². The van der Waals surface area contributed by atoms with Gasteiger partial charge >= 0.3 is 0 Å². The van der Waals surface area contributed by atoms with Crippen molar-refractivity contribution in [3.05, 3.63) is 35.9 Å². The first-order chi connectivity index (χ1) is 6.55. The molecule has 0 aliphatic rings. The summed E-state index contributed by atoms with van der Waals surface area (Å²) in [6.45, 7) is 3.78. The van der Waals surface area contributed by atoms with Gasteiger partial charge in [0.05, 0.1) is 0 Å². The fraction of sp³-hybridized carbons (Fsp3) is 0.364. The molecule has 1 amide bonds. The van der Waals surface area contributed by atoms with E-state index in [4.69, 9.17) is 11.6 Å². The van der Waals surface area contributed by atoms with E-state index in [0.717, 1.165) is 0 Å². The second kappa shape index (κ2) is 4.47. The largest absolute Gasteiger partial charge is 0.346 e. The molecule has 0 aliphatic heterocycles. The third kappa shape index (κ3) is 3.04. The van der Waals surface area contributed by atoms with Crippen molar-refractivity contribution in [2.24, 2.45) is 0 Å². The lowest BCUT2D eigenvalue weighted by Crippen LogP contribution is -2.44. The summed E-state index contributed by atoms with van der Waals surface area (Å²) in [5.74, 6) is 0.308. The van der Waals surface area contributed by atoms with E-state index in [-0.39, 0.29) is 11.4 Å². The molecule has 0 unspecified atom stereocenters. The van der Waals surface area contributed by atoms with E-state index in [0.29, 0.717) is 11.4 Å². The molecule has 1 aromatic rings. The summed E-state index contributed by atoms with van der Waals surface area (Å²) in [5.41, 5.74) is 0.291. The van der Waals surface area contributed by atoms with Crippen LogP contribution in [0.15, 0.2) is 30.3 Å². The number of carbonyl (C=O) groups is 1. The molecule has 1 rings (SSSR count). The van der Waals surface area contributed by atoms with Crippen LogP contribution in [0.2, 0.25) is 0 Å². The number of hydrogen-bond donors (Lipinski definition) is 1. The first-order valence-corrected chi connectivity index (χ1v) is 5.02. The molecule has 0 radical (unpaired) electrons. The van der Waals surface area contributed by atoms with Crippen molar-refractivity contribution in [1.29, 1.82) is 0 Å². The van der Waals surface area contributed by atoms with Crippen LogP contribution in [-0.4, -0.2) is 17.3 Å². The lowest BCUT2D eigenvalue weighted by atomic mass is 10.1. The Balaban J connectivity index is 2.69. The third-order valence-corrected chi connectivity index (χ3v) is 2.49. The summed E-state index contributed by atoms with van der Waals surface area (Å²) in [6, 6.07) is 9.11. The molecule has 14 heavy (non-hydrogen) atoms. The number of rotatable bonds is 3. The van der Waals surface area contributed by atoms with Crippen LogP contribution in [0.4, 0.5) is 0 Å². The molecular formula is C11H14ClNO. The Bertz CT molecular complexity index is 308. The van der Waals surface area contributed by atoms with Gasteiger partial charge in [0, 0.05) is 17.0 Å². The second-order valence-corrected chi connectivity index (χ2v) is 4.10.